The summed E-state index contributed by atoms with van der Waals surface area (Å²) in [5.74, 6) is -1.44. The molecule has 1 aromatic rings. The Morgan fingerprint density at radius 3 is 2.33 bits per heavy atom. The quantitative estimate of drug-likeness (QED) is 0.768. The van der Waals surface area contributed by atoms with Crippen molar-refractivity contribution in [3.8, 4) is 0 Å². The molecule has 24 heavy (non-hydrogen) atoms. The molecule has 0 spiro atoms. The highest BCUT2D eigenvalue weighted by atomic mass is 19.2. The Morgan fingerprint density at radius 2 is 1.71 bits per heavy atom. The van der Waals surface area contributed by atoms with E-state index in [0.29, 0.717) is 37.9 Å². The number of halogens is 2. The molecule has 0 amide bonds. The van der Waals surface area contributed by atoms with Crippen molar-refractivity contribution in [2.24, 2.45) is 11.8 Å². The van der Waals surface area contributed by atoms with E-state index in [0.717, 1.165) is 25.0 Å². The van der Waals surface area contributed by atoms with Gasteiger partial charge in [-0.2, -0.15) is 0 Å². The monoisotopic (exact) mass is 340 g/mol. The molecule has 2 aliphatic rings. The summed E-state index contributed by atoms with van der Waals surface area (Å²) in [6.45, 7) is 5.79. The Balaban J connectivity index is 1.47. The summed E-state index contributed by atoms with van der Waals surface area (Å²) in [6, 6.07) is 3.62. The topological polar surface area (TPSA) is 36.9 Å². The maximum Gasteiger partial charge on any atom is 0.183 e. The molecular formula is C18H22F2O4. The van der Waals surface area contributed by atoms with Gasteiger partial charge in [-0.15, -0.1) is 6.58 Å². The summed E-state index contributed by atoms with van der Waals surface area (Å²) in [4.78, 5) is 0. The van der Waals surface area contributed by atoms with Crippen LogP contribution in [-0.4, -0.2) is 32.7 Å². The van der Waals surface area contributed by atoms with Crippen LogP contribution in [0.1, 0.15) is 24.7 Å². The summed E-state index contributed by atoms with van der Waals surface area (Å²) in [5.41, 5.74) is 0.460. The first-order chi connectivity index (χ1) is 11.7. The van der Waals surface area contributed by atoms with Crippen molar-refractivity contribution in [1.29, 1.82) is 0 Å². The lowest BCUT2D eigenvalue weighted by atomic mass is 10.0. The van der Waals surface area contributed by atoms with Crippen LogP contribution < -0.4 is 0 Å². The van der Waals surface area contributed by atoms with Gasteiger partial charge < -0.3 is 18.9 Å². The van der Waals surface area contributed by atoms with Gasteiger partial charge in [-0.1, -0.05) is 12.1 Å². The summed E-state index contributed by atoms with van der Waals surface area (Å²) < 4.78 is 49.1. The second-order valence-corrected chi connectivity index (χ2v) is 6.20. The minimum atomic E-state index is -0.911. The molecule has 0 aliphatic carbocycles. The van der Waals surface area contributed by atoms with Crippen molar-refractivity contribution in [1.82, 2.24) is 0 Å². The fourth-order valence-electron chi connectivity index (χ4n) is 2.88. The Morgan fingerprint density at radius 1 is 1.00 bits per heavy atom. The lowest BCUT2D eigenvalue weighted by molar-refractivity contribution is -0.283. The van der Waals surface area contributed by atoms with Crippen molar-refractivity contribution in [2.75, 3.05) is 26.4 Å². The van der Waals surface area contributed by atoms with Crippen LogP contribution in [0.25, 0.3) is 0 Å². The summed E-state index contributed by atoms with van der Waals surface area (Å²) in [6.07, 6.45) is 2.81. The van der Waals surface area contributed by atoms with Crippen LogP contribution in [0.3, 0.4) is 0 Å². The maximum absolute atomic E-state index is 13.3. The number of ether oxygens (including phenoxy) is 4. The zero-order chi connectivity index (χ0) is 16.9. The number of hydrogen-bond donors (Lipinski definition) is 0. The van der Waals surface area contributed by atoms with Gasteiger partial charge in [0.1, 0.15) is 0 Å². The highest BCUT2D eigenvalue weighted by Gasteiger charge is 2.34. The van der Waals surface area contributed by atoms with E-state index >= 15 is 0 Å². The highest BCUT2D eigenvalue weighted by Crippen LogP contribution is 2.30. The van der Waals surface area contributed by atoms with Crippen molar-refractivity contribution in [2.45, 2.75) is 25.4 Å². The molecule has 132 valence electrons. The van der Waals surface area contributed by atoms with Crippen molar-refractivity contribution >= 4 is 0 Å². The molecule has 0 radical (unpaired) electrons. The van der Waals surface area contributed by atoms with Gasteiger partial charge in [0, 0.05) is 11.5 Å². The first-order valence-corrected chi connectivity index (χ1v) is 8.19. The van der Waals surface area contributed by atoms with Crippen molar-refractivity contribution in [3.05, 3.63) is 48.1 Å². The fourth-order valence-corrected chi connectivity index (χ4v) is 2.88. The first kappa shape index (κ1) is 17.5. The van der Waals surface area contributed by atoms with E-state index in [1.807, 2.05) is 6.08 Å². The van der Waals surface area contributed by atoms with Gasteiger partial charge in [0.05, 0.1) is 32.3 Å². The Kier molecular flexibility index (Phi) is 5.94. The average molecular weight is 340 g/mol. The molecule has 4 nitrogen and oxygen atoms in total. The summed E-state index contributed by atoms with van der Waals surface area (Å²) in [5, 5.41) is 0. The standard InChI is InChI=1S/C18H22F2O4/c1-2-3-4-12-8-21-18(22-9-12)14-10-23-17(24-11-14)13-5-6-15(19)16(20)7-13/h2,5-7,12,14,17-18H,1,3-4,8-11H2. The number of hydrogen-bond acceptors (Lipinski definition) is 4. The molecule has 0 unspecified atom stereocenters. The summed E-state index contributed by atoms with van der Waals surface area (Å²) >= 11 is 0. The molecule has 0 atom stereocenters. The molecule has 3 rings (SSSR count). The predicted molar refractivity (Wildman–Crippen MR) is 83.1 cm³/mol. The van der Waals surface area contributed by atoms with Crippen molar-refractivity contribution < 1.29 is 27.7 Å². The smallest absolute Gasteiger partial charge is 0.183 e. The number of benzene rings is 1. The molecule has 2 aliphatic heterocycles. The lowest BCUT2D eigenvalue weighted by Gasteiger charge is -2.37. The molecule has 2 fully saturated rings. The predicted octanol–water partition coefficient (Wildman–Crippen LogP) is 3.58. The third-order valence-electron chi connectivity index (χ3n) is 4.30. The number of rotatable bonds is 5. The first-order valence-electron chi connectivity index (χ1n) is 8.19. The Labute approximate surface area is 140 Å². The molecule has 1 aromatic carbocycles. The SMILES string of the molecule is C=CCCC1COC(C2COC(c3ccc(F)c(F)c3)OC2)OC1. The van der Waals surface area contributed by atoms with Gasteiger partial charge in [-0.05, 0) is 25.0 Å². The van der Waals surface area contributed by atoms with Crippen molar-refractivity contribution in [3.63, 3.8) is 0 Å². The second kappa shape index (κ2) is 8.16. The second-order valence-electron chi connectivity index (χ2n) is 6.20. The van der Waals surface area contributed by atoms with Crippen LogP contribution in [-0.2, 0) is 18.9 Å². The van der Waals surface area contributed by atoms with Crippen LogP contribution in [0.15, 0.2) is 30.9 Å². The maximum atomic E-state index is 13.3. The zero-order valence-corrected chi connectivity index (χ0v) is 13.5. The minimum absolute atomic E-state index is 0.0353. The van der Waals surface area contributed by atoms with E-state index in [1.165, 1.54) is 6.07 Å². The largest absolute Gasteiger partial charge is 0.352 e. The van der Waals surface area contributed by atoms with Gasteiger partial charge >= 0.3 is 0 Å². The van der Waals surface area contributed by atoms with Gasteiger partial charge in [0.2, 0.25) is 0 Å². The lowest BCUT2D eigenvalue weighted by Crippen LogP contribution is -2.43. The van der Waals surface area contributed by atoms with Gasteiger partial charge in [0.25, 0.3) is 0 Å². The Hall–Kier alpha value is -1.34. The third kappa shape index (κ3) is 4.19. The van der Waals surface area contributed by atoms with Gasteiger partial charge in [0.15, 0.2) is 24.2 Å². The fraction of sp³-hybridized carbons (Fsp3) is 0.556. The minimum Gasteiger partial charge on any atom is -0.352 e. The van der Waals surface area contributed by atoms with E-state index < -0.39 is 17.9 Å². The van der Waals surface area contributed by atoms with E-state index in [4.69, 9.17) is 18.9 Å². The van der Waals surface area contributed by atoms with E-state index in [9.17, 15) is 8.78 Å². The normalized spacial score (nSPS) is 30.9. The van der Waals surface area contributed by atoms with E-state index in [1.54, 1.807) is 0 Å². The molecule has 0 aromatic heterocycles. The highest BCUT2D eigenvalue weighted by molar-refractivity contribution is 5.19. The molecule has 0 bridgehead atoms. The van der Waals surface area contributed by atoms with E-state index in [2.05, 4.69) is 6.58 Å². The molecule has 6 heteroatoms. The van der Waals surface area contributed by atoms with Crippen LogP contribution in [0.5, 0.6) is 0 Å². The Bertz CT molecular complexity index is 550. The van der Waals surface area contributed by atoms with E-state index in [-0.39, 0.29) is 12.2 Å². The molecule has 0 saturated carbocycles. The van der Waals surface area contributed by atoms with Crippen LogP contribution >= 0.6 is 0 Å². The van der Waals surface area contributed by atoms with Crippen LogP contribution in [0, 0.1) is 23.5 Å². The molecule has 2 saturated heterocycles. The molecular weight excluding hydrogens is 318 g/mol. The average Bonchev–Trinajstić information content (AvgIpc) is 2.63. The molecule has 2 heterocycles. The molecule has 0 N–H and O–H groups in total. The van der Waals surface area contributed by atoms with Crippen LogP contribution in [0.2, 0.25) is 0 Å². The third-order valence-corrected chi connectivity index (χ3v) is 4.30. The zero-order valence-electron chi connectivity index (χ0n) is 13.5. The van der Waals surface area contributed by atoms with Gasteiger partial charge in [-0.3, -0.25) is 0 Å². The van der Waals surface area contributed by atoms with Gasteiger partial charge in [-0.25, -0.2) is 8.78 Å². The summed E-state index contributed by atoms with van der Waals surface area (Å²) in [7, 11) is 0. The number of allylic oxidation sites excluding steroid dienone is 1. The van der Waals surface area contributed by atoms with Crippen LogP contribution in [0.4, 0.5) is 8.78 Å².